The molecule has 1 aromatic carbocycles. The van der Waals surface area contributed by atoms with Crippen molar-refractivity contribution in [1.82, 2.24) is 20.1 Å². The first-order valence-corrected chi connectivity index (χ1v) is 8.05. The third-order valence-corrected chi connectivity index (χ3v) is 3.99. The Morgan fingerprint density at radius 3 is 2.83 bits per heavy atom. The number of aromatic nitrogens is 3. The maximum absolute atomic E-state index is 12.2. The second-order valence-corrected chi connectivity index (χ2v) is 5.89. The first-order valence-electron chi connectivity index (χ1n) is 8.05. The quantitative estimate of drug-likeness (QED) is 0.759. The van der Waals surface area contributed by atoms with Crippen LogP contribution in [0.5, 0.6) is 5.75 Å². The molecule has 1 amide bonds. The maximum atomic E-state index is 12.2. The molecule has 0 saturated heterocycles. The minimum absolute atomic E-state index is 0.0231. The van der Waals surface area contributed by atoms with Crippen molar-refractivity contribution in [1.29, 1.82) is 0 Å². The van der Waals surface area contributed by atoms with Crippen molar-refractivity contribution >= 4 is 5.91 Å². The number of amides is 1. The van der Waals surface area contributed by atoms with Gasteiger partial charge in [0.2, 0.25) is 5.91 Å². The molecule has 122 valence electrons. The van der Waals surface area contributed by atoms with Crippen LogP contribution >= 0.6 is 0 Å². The molecular weight excluding hydrogens is 292 g/mol. The summed E-state index contributed by atoms with van der Waals surface area (Å²) in [4.78, 5) is 16.5. The zero-order valence-electron chi connectivity index (χ0n) is 13.3. The lowest BCUT2D eigenvalue weighted by Gasteiger charge is -2.17. The number of nitrogens with zero attached hydrogens (tertiary/aromatic N) is 3. The monoisotopic (exact) mass is 314 g/mol. The summed E-state index contributed by atoms with van der Waals surface area (Å²) in [5.74, 6) is 2.20. The standard InChI is InChI=1S/C17H22N4O2/c1-21-17(18-12-19-21)16(13-9-10-13)20-15(22)8-5-11-23-14-6-3-2-4-7-14/h2-4,6-7,12-13,16H,5,8-11H2,1H3,(H,20,22). The first kappa shape index (κ1) is 15.5. The van der Waals surface area contributed by atoms with E-state index in [2.05, 4.69) is 15.4 Å². The Labute approximate surface area is 135 Å². The molecule has 2 aromatic rings. The van der Waals surface area contributed by atoms with E-state index < -0.39 is 0 Å². The molecule has 0 radical (unpaired) electrons. The molecule has 0 spiro atoms. The van der Waals surface area contributed by atoms with Crippen molar-refractivity contribution in [2.24, 2.45) is 13.0 Å². The van der Waals surface area contributed by atoms with Crippen molar-refractivity contribution in [3.63, 3.8) is 0 Å². The van der Waals surface area contributed by atoms with Crippen LogP contribution in [0.25, 0.3) is 0 Å². The number of hydrogen-bond donors (Lipinski definition) is 1. The van der Waals surface area contributed by atoms with Gasteiger partial charge in [0, 0.05) is 13.5 Å². The van der Waals surface area contributed by atoms with E-state index in [-0.39, 0.29) is 11.9 Å². The number of para-hydroxylation sites is 1. The summed E-state index contributed by atoms with van der Waals surface area (Å²) in [7, 11) is 1.86. The van der Waals surface area contributed by atoms with Crippen molar-refractivity contribution in [3.05, 3.63) is 42.5 Å². The lowest BCUT2D eigenvalue weighted by molar-refractivity contribution is -0.122. The van der Waals surface area contributed by atoms with Gasteiger partial charge in [-0.2, -0.15) is 5.10 Å². The van der Waals surface area contributed by atoms with Crippen LogP contribution in [0.4, 0.5) is 0 Å². The van der Waals surface area contributed by atoms with E-state index in [1.165, 1.54) is 6.33 Å². The minimum atomic E-state index is -0.0231. The van der Waals surface area contributed by atoms with E-state index in [1.54, 1.807) is 4.68 Å². The third-order valence-electron chi connectivity index (χ3n) is 3.99. The van der Waals surface area contributed by atoms with Crippen LogP contribution in [0, 0.1) is 5.92 Å². The predicted molar refractivity (Wildman–Crippen MR) is 85.8 cm³/mol. The Bertz CT molecular complexity index is 637. The SMILES string of the molecule is Cn1ncnc1C(NC(=O)CCCOc1ccccc1)C1CC1. The van der Waals surface area contributed by atoms with E-state index in [9.17, 15) is 4.79 Å². The normalized spacial score (nSPS) is 15.2. The zero-order chi connectivity index (χ0) is 16.1. The summed E-state index contributed by atoms with van der Waals surface area (Å²) in [5, 5.41) is 7.20. The van der Waals surface area contributed by atoms with E-state index >= 15 is 0 Å². The van der Waals surface area contributed by atoms with Gasteiger partial charge in [-0.05, 0) is 37.3 Å². The van der Waals surface area contributed by atoms with Crippen molar-refractivity contribution in [3.8, 4) is 5.75 Å². The summed E-state index contributed by atoms with van der Waals surface area (Å²) in [5.41, 5.74) is 0. The fourth-order valence-corrected chi connectivity index (χ4v) is 2.59. The largest absolute Gasteiger partial charge is 0.494 e. The topological polar surface area (TPSA) is 69.0 Å². The van der Waals surface area contributed by atoms with Crippen LogP contribution in [-0.4, -0.2) is 27.3 Å². The lowest BCUT2D eigenvalue weighted by Crippen LogP contribution is -2.31. The average Bonchev–Trinajstić information content (AvgIpc) is 3.32. The number of ether oxygens (including phenoxy) is 1. The molecule has 0 aliphatic heterocycles. The molecule has 1 fully saturated rings. The number of rotatable bonds is 8. The van der Waals surface area contributed by atoms with Crippen LogP contribution in [0.1, 0.15) is 37.5 Å². The van der Waals surface area contributed by atoms with Crippen LogP contribution in [0.2, 0.25) is 0 Å². The molecular formula is C17H22N4O2. The molecule has 1 unspecified atom stereocenters. The highest BCUT2D eigenvalue weighted by Crippen LogP contribution is 2.40. The van der Waals surface area contributed by atoms with Crippen molar-refractivity contribution in [2.45, 2.75) is 31.7 Å². The fourth-order valence-electron chi connectivity index (χ4n) is 2.59. The predicted octanol–water partition coefficient (Wildman–Crippen LogP) is 2.24. The molecule has 6 nitrogen and oxygen atoms in total. The summed E-state index contributed by atoms with van der Waals surface area (Å²) < 4.78 is 7.34. The Morgan fingerprint density at radius 1 is 1.39 bits per heavy atom. The van der Waals surface area contributed by atoms with Gasteiger partial charge in [-0.15, -0.1) is 0 Å². The highest BCUT2D eigenvalue weighted by Gasteiger charge is 2.35. The highest BCUT2D eigenvalue weighted by atomic mass is 16.5. The van der Waals surface area contributed by atoms with Crippen molar-refractivity contribution in [2.75, 3.05) is 6.61 Å². The third kappa shape index (κ3) is 4.31. The van der Waals surface area contributed by atoms with Crippen LogP contribution in [-0.2, 0) is 11.8 Å². The Kier molecular flexibility index (Phi) is 4.90. The number of aryl methyl sites for hydroxylation is 1. The Morgan fingerprint density at radius 2 is 2.17 bits per heavy atom. The molecule has 23 heavy (non-hydrogen) atoms. The molecule has 0 bridgehead atoms. The van der Waals surface area contributed by atoms with E-state index in [4.69, 9.17) is 4.74 Å². The number of nitrogens with one attached hydrogen (secondary N) is 1. The number of benzene rings is 1. The molecule has 1 N–H and O–H groups in total. The van der Waals surface area contributed by atoms with Gasteiger partial charge in [0.25, 0.3) is 0 Å². The molecule has 6 heteroatoms. The minimum Gasteiger partial charge on any atom is -0.494 e. The van der Waals surface area contributed by atoms with Gasteiger partial charge in [-0.3, -0.25) is 9.48 Å². The number of carbonyl (C=O) groups excluding carboxylic acids is 1. The lowest BCUT2D eigenvalue weighted by atomic mass is 10.1. The van der Waals surface area contributed by atoms with Crippen LogP contribution in [0.3, 0.4) is 0 Å². The number of hydrogen-bond acceptors (Lipinski definition) is 4. The zero-order valence-corrected chi connectivity index (χ0v) is 13.3. The van der Waals surface area contributed by atoms with Gasteiger partial charge in [0.05, 0.1) is 12.6 Å². The smallest absolute Gasteiger partial charge is 0.220 e. The molecule has 1 saturated carbocycles. The molecule has 1 heterocycles. The van der Waals surface area contributed by atoms with Gasteiger partial charge in [0.1, 0.15) is 17.9 Å². The highest BCUT2D eigenvalue weighted by molar-refractivity contribution is 5.76. The van der Waals surface area contributed by atoms with Gasteiger partial charge < -0.3 is 10.1 Å². The Hall–Kier alpha value is -2.37. The molecule has 3 rings (SSSR count). The van der Waals surface area contributed by atoms with E-state index in [0.29, 0.717) is 25.4 Å². The van der Waals surface area contributed by atoms with E-state index in [1.807, 2.05) is 37.4 Å². The molecule has 1 aliphatic rings. The average molecular weight is 314 g/mol. The molecule has 1 aromatic heterocycles. The summed E-state index contributed by atoms with van der Waals surface area (Å²) in [6.07, 6.45) is 4.94. The van der Waals surface area contributed by atoms with Gasteiger partial charge >= 0.3 is 0 Å². The second kappa shape index (κ2) is 7.26. The summed E-state index contributed by atoms with van der Waals surface area (Å²) in [6.45, 7) is 0.537. The van der Waals surface area contributed by atoms with Gasteiger partial charge in [-0.1, -0.05) is 18.2 Å². The van der Waals surface area contributed by atoms with Crippen molar-refractivity contribution < 1.29 is 9.53 Å². The van der Waals surface area contributed by atoms with Gasteiger partial charge in [-0.25, -0.2) is 4.98 Å². The summed E-state index contributed by atoms with van der Waals surface area (Å²) in [6, 6.07) is 9.62. The van der Waals surface area contributed by atoms with E-state index in [0.717, 1.165) is 24.4 Å². The fraction of sp³-hybridized carbons (Fsp3) is 0.471. The summed E-state index contributed by atoms with van der Waals surface area (Å²) >= 11 is 0. The maximum Gasteiger partial charge on any atom is 0.220 e. The molecule has 1 atom stereocenters. The second-order valence-electron chi connectivity index (χ2n) is 5.89. The first-order chi connectivity index (χ1) is 11.2. The van der Waals surface area contributed by atoms with Crippen LogP contribution < -0.4 is 10.1 Å². The van der Waals surface area contributed by atoms with Gasteiger partial charge in [0.15, 0.2) is 0 Å². The van der Waals surface area contributed by atoms with Crippen LogP contribution in [0.15, 0.2) is 36.7 Å². The Balaban J connectivity index is 1.44. The molecule has 1 aliphatic carbocycles. The number of carbonyl (C=O) groups is 1.